The number of halogens is 1. The molecule has 22 heavy (non-hydrogen) atoms. The Bertz CT molecular complexity index is 605. The number of benzene rings is 1. The van der Waals surface area contributed by atoms with Crippen LogP contribution in [-0.4, -0.2) is 24.0 Å². The topological polar surface area (TPSA) is 77.2 Å². The van der Waals surface area contributed by atoms with Crippen molar-refractivity contribution in [2.75, 3.05) is 7.11 Å². The molecular weight excluding hydrogens is 302 g/mol. The fourth-order valence-corrected chi connectivity index (χ4v) is 2.04. The van der Waals surface area contributed by atoms with E-state index < -0.39 is 12.1 Å². The van der Waals surface area contributed by atoms with Crippen molar-refractivity contribution in [2.45, 2.75) is 19.0 Å². The smallest absolute Gasteiger partial charge is 0.237 e. The number of nitrogens with one attached hydrogen (secondary N) is 1. The first kappa shape index (κ1) is 17.9. The Morgan fingerprint density at radius 1 is 1.23 bits per heavy atom. The lowest BCUT2D eigenvalue weighted by molar-refractivity contribution is -0.122. The van der Waals surface area contributed by atoms with E-state index in [1.54, 1.807) is 20.2 Å². The maximum atomic E-state index is 12.0. The predicted molar refractivity (Wildman–Crippen MR) is 88.1 cm³/mol. The lowest BCUT2D eigenvalue weighted by Gasteiger charge is -2.21. The second-order valence-corrected chi connectivity index (χ2v) is 4.73. The van der Waals surface area contributed by atoms with E-state index in [0.717, 1.165) is 11.3 Å². The van der Waals surface area contributed by atoms with Gasteiger partial charge in [0.2, 0.25) is 5.91 Å². The van der Waals surface area contributed by atoms with Gasteiger partial charge in [0.1, 0.15) is 11.8 Å². The number of pyridine rings is 1. The van der Waals surface area contributed by atoms with Crippen LogP contribution in [0.3, 0.4) is 0 Å². The molecule has 0 saturated heterocycles. The van der Waals surface area contributed by atoms with Crippen molar-refractivity contribution in [3.05, 3.63) is 59.9 Å². The highest BCUT2D eigenvalue weighted by Gasteiger charge is 2.22. The normalized spacial score (nSPS) is 12.7. The molecule has 0 fully saturated rings. The molecule has 2 rings (SSSR count). The molecule has 2 atom stereocenters. The van der Waals surface area contributed by atoms with E-state index in [-0.39, 0.29) is 18.3 Å². The Morgan fingerprint density at radius 3 is 2.50 bits per heavy atom. The van der Waals surface area contributed by atoms with Crippen molar-refractivity contribution in [1.82, 2.24) is 10.3 Å². The van der Waals surface area contributed by atoms with Crippen LogP contribution in [0.15, 0.2) is 48.7 Å². The molecular formula is C16H20ClN3O2. The number of rotatable bonds is 5. The van der Waals surface area contributed by atoms with Crippen molar-refractivity contribution < 1.29 is 9.53 Å². The van der Waals surface area contributed by atoms with E-state index in [0.29, 0.717) is 5.75 Å². The van der Waals surface area contributed by atoms with Crippen LogP contribution in [0.5, 0.6) is 5.75 Å². The monoisotopic (exact) mass is 321 g/mol. The number of amides is 1. The van der Waals surface area contributed by atoms with Crippen LogP contribution in [0, 0.1) is 0 Å². The first-order chi connectivity index (χ1) is 10.1. The molecule has 1 aromatic carbocycles. The Kier molecular flexibility index (Phi) is 6.82. The Hall–Kier alpha value is -2.11. The summed E-state index contributed by atoms with van der Waals surface area (Å²) in [5.41, 5.74) is 7.22. The zero-order valence-electron chi connectivity index (χ0n) is 12.5. The van der Waals surface area contributed by atoms with E-state index >= 15 is 0 Å². The molecule has 1 unspecified atom stereocenters. The van der Waals surface area contributed by atoms with Gasteiger partial charge in [-0.1, -0.05) is 24.3 Å². The number of hydrogen-bond acceptors (Lipinski definition) is 4. The third kappa shape index (κ3) is 4.19. The van der Waals surface area contributed by atoms with Crippen molar-refractivity contribution in [3.63, 3.8) is 0 Å². The van der Waals surface area contributed by atoms with Crippen LogP contribution in [-0.2, 0) is 4.79 Å². The molecule has 5 nitrogen and oxygen atoms in total. The van der Waals surface area contributed by atoms with Gasteiger partial charge in [-0.25, -0.2) is 0 Å². The standard InChI is InChI=1S/C16H19N3O2.ClH/c1-11(17)16(20)19-15(13-8-5-6-10-18-13)12-7-3-4-9-14(12)21-2;/h3-11,15H,17H2,1-2H3,(H,19,20);1H/t11-,15?;/m1./s1. The van der Waals surface area contributed by atoms with Gasteiger partial charge in [0.15, 0.2) is 0 Å². The molecule has 0 spiro atoms. The molecule has 6 heteroatoms. The molecule has 0 bridgehead atoms. The lowest BCUT2D eigenvalue weighted by atomic mass is 10.0. The van der Waals surface area contributed by atoms with E-state index in [2.05, 4.69) is 10.3 Å². The fraction of sp³-hybridized carbons (Fsp3) is 0.250. The highest BCUT2D eigenvalue weighted by molar-refractivity contribution is 5.85. The van der Waals surface area contributed by atoms with Crippen molar-refractivity contribution >= 4 is 18.3 Å². The maximum Gasteiger partial charge on any atom is 0.237 e. The first-order valence-corrected chi connectivity index (χ1v) is 6.73. The molecule has 1 amide bonds. The fourth-order valence-electron chi connectivity index (χ4n) is 2.04. The van der Waals surface area contributed by atoms with Gasteiger partial charge in [-0.05, 0) is 25.1 Å². The number of para-hydroxylation sites is 1. The third-order valence-electron chi connectivity index (χ3n) is 3.13. The number of hydrogen-bond donors (Lipinski definition) is 2. The van der Waals surface area contributed by atoms with E-state index in [4.69, 9.17) is 10.5 Å². The first-order valence-electron chi connectivity index (χ1n) is 6.73. The van der Waals surface area contributed by atoms with Crippen LogP contribution < -0.4 is 15.8 Å². The van der Waals surface area contributed by atoms with Gasteiger partial charge >= 0.3 is 0 Å². The second kappa shape index (κ2) is 8.36. The van der Waals surface area contributed by atoms with Gasteiger partial charge in [0.25, 0.3) is 0 Å². The highest BCUT2D eigenvalue weighted by atomic mass is 35.5. The van der Waals surface area contributed by atoms with E-state index in [9.17, 15) is 4.79 Å². The summed E-state index contributed by atoms with van der Waals surface area (Å²) >= 11 is 0. The molecule has 0 aliphatic rings. The summed E-state index contributed by atoms with van der Waals surface area (Å²) in [4.78, 5) is 16.3. The number of nitrogens with two attached hydrogens (primary N) is 1. The number of methoxy groups -OCH3 is 1. The molecule has 1 aromatic heterocycles. The zero-order chi connectivity index (χ0) is 15.2. The van der Waals surface area contributed by atoms with Gasteiger partial charge in [0.05, 0.1) is 18.8 Å². The predicted octanol–water partition coefficient (Wildman–Crippen LogP) is 2.06. The minimum absolute atomic E-state index is 0. The maximum absolute atomic E-state index is 12.0. The number of carbonyl (C=O) groups excluding carboxylic acids is 1. The van der Waals surface area contributed by atoms with Crippen LogP contribution >= 0.6 is 12.4 Å². The number of ether oxygens (including phenoxy) is 1. The third-order valence-corrected chi connectivity index (χ3v) is 3.13. The largest absolute Gasteiger partial charge is 0.496 e. The molecule has 118 valence electrons. The van der Waals surface area contributed by atoms with Gasteiger partial charge in [0, 0.05) is 11.8 Å². The average Bonchev–Trinajstić information content (AvgIpc) is 2.53. The molecule has 2 aromatic rings. The Labute approximate surface area is 136 Å². The van der Waals surface area contributed by atoms with Crippen LogP contribution in [0.2, 0.25) is 0 Å². The van der Waals surface area contributed by atoms with Crippen LogP contribution in [0.4, 0.5) is 0 Å². The minimum Gasteiger partial charge on any atom is -0.496 e. The second-order valence-electron chi connectivity index (χ2n) is 4.73. The SMILES string of the molecule is COc1ccccc1C(NC(=O)[C@@H](C)N)c1ccccn1.Cl. The van der Waals surface area contributed by atoms with Gasteiger partial charge in [-0.15, -0.1) is 12.4 Å². The van der Waals surface area contributed by atoms with Crippen molar-refractivity contribution in [3.8, 4) is 5.75 Å². The van der Waals surface area contributed by atoms with Gasteiger partial charge in [-0.2, -0.15) is 0 Å². The molecule has 0 saturated carbocycles. The molecule has 0 aliphatic heterocycles. The summed E-state index contributed by atoms with van der Waals surface area (Å²) in [6.07, 6.45) is 1.69. The summed E-state index contributed by atoms with van der Waals surface area (Å²) in [6, 6.07) is 12.1. The van der Waals surface area contributed by atoms with Gasteiger partial charge in [-0.3, -0.25) is 9.78 Å². The average molecular weight is 322 g/mol. The highest BCUT2D eigenvalue weighted by Crippen LogP contribution is 2.28. The molecule has 3 N–H and O–H groups in total. The quantitative estimate of drug-likeness (QED) is 0.883. The zero-order valence-corrected chi connectivity index (χ0v) is 13.3. The molecule has 1 heterocycles. The Morgan fingerprint density at radius 2 is 1.91 bits per heavy atom. The van der Waals surface area contributed by atoms with Crippen molar-refractivity contribution in [1.29, 1.82) is 0 Å². The number of aromatic nitrogens is 1. The lowest BCUT2D eigenvalue weighted by Crippen LogP contribution is -2.40. The summed E-state index contributed by atoms with van der Waals surface area (Å²) in [7, 11) is 1.60. The summed E-state index contributed by atoms with van der Waals surface area (Å²) in [5.74, 6) is 0.453. The number of nitrogens with zero attached hydrogens (tertiary/aromatic N) is 1. The van der Waals surface area contributed by atoms with Crippen LogP contribution in [0.25, 0.3) is 0 Å². The summed E-state index contributed by atoms with van der Waals surface area (Å²) < 4.78 is 5.38. The molecule has 0 aliphatic carbocycles. The summed E-state index contributed by atoms with van der Waals surface area (Å²) in [5, 5.41) is 2.92. The van der Waals surface area contributed by atoms with Crippen LogP contribution in [0.1, 0.15) is 24.2 Å². The van der Waals surface area contributed by atoms with Gasteiger partial charge < -0.3 is 15.8 Å². The number of carbonyl (C=O) groups is 1. The minimum atomic E-state index is -0.592. The Balaban J connectivity index is 0.00000242. The van der Waals surface area contributed by atoms with E-state index in [1.165, 1.54) is 0 Å². The molecule has 0 radical (unpaired) electrons. The summed E-state index contributed by atoms with van der Waals surface area (Å²) in [6.45, 7) is 1.65. The van der Waals surface area contributed by atoms with E-state index in [1.807, 2.05) is 42.5 Å². The van der Waals surface area contributed by atoms with Crippen molar-refractivity contribution in [2.24, 2.45) is 5.73 Å².